The summed E-state index contributed by atoms with van der Waals surface area (Å²) in [5.41, 5.74) is 3.93. The molecule has 4 rings (SSSR count). The summed E-state index contributed by atoms with van der Waals surface area (Å²) < 4.78 is 5.58. The number of aromatic nitrogens is 1. The number of hydrogen-bond acceptors (Lipinski definition) is 4. The van der Waals surface area contributed by atoms with Gasteiger partial charge in [0.25, 0.3) is 5.56 Å². The van der Waals surface area contributed by atoms with Crippen LogP contribution >= 0.6 is 0 Å². The molecule has 1 aliphatic rings. The normalized spacial score (nSPS) is 16.2. The van der Waals surface area contributed by atoms with E-state index in [1.165, 1.54) is 11.9 Å². The van der Waals surface area contributed by atoms with Gasteiger partial charge >= 0.3 is 0 Å². The largest absolute Gasteiger partial charge is 0.494 e. The summed E-state index contributed by atoms with van der Waals surface area (Å²) >= 11 is 0. The van der Waals surface area contributed by atoms with Crippen LogP contribution in [0.4, 0.5) is 0 Å². The number of carbonyl (C=O) groups is 1. The highest BCUT2D eigenvalue weighted by atomic mass is 16.5. The molecule has 0 fully saturated rings. The Kier molecular flexibility index (Phi) is 4.92. The maximum atomic E-state index is 12.8. The van der Waals surface area contributed by atoms with Gasteiger partial charge in [-0.2, -0.15) is 5.10 Å². The van der Waals surface area contributed by atoms with Gasteiger partial charge in [-0.1, -0.05) is 29.8 Å². The molecule has 1 atom stereocenters. The SMILES string of the molecule is CCOc1ccc2[nH]c(=O)c([C@H]3CC(c4cccc(C)c4)=NN3C(C)=O)cc2c1. The highest BCUT2D eigenvalue weighted by molar-refractivity contribution is 6.03. The average Bonchev–Trinajstić information content (AvgIpc) is 3.13. The van der Waals surface area contributed by atoms with Crippen LogP contribution in [0.2, 0.25) is 0 Å². The van der Waals surface area contributed by atoms with Gasteiger partial charge in [0.2, 0.25) is 5.91 Å². The number of nitrogens with zero attached hydrogens (tertiary/aromatic N) is 2. The molecule has 0 spiro atoms. The Bertz CT molecular complexity index is 1180. The number of amides is 1. The summed E-state index contributed by atoms with van der Waals surface area (Å²) in [7, 11) is 0. The van der Waals surface area contributed by atoms with Crippen molar-refractivity contribution in [2.75, 3.05) is 6.61 Å². The third kappa shape index (κ3) is 3.66. The highest BCUT2D eigenvalue weighted by Gasteiger charge is 2.33. The molecule has 3 aromatic rings. The summed E-state index contributed by atoms with van der Waals surface area (Å²) in [6.45, 7) is 5.98. The molecule has 0 aliphatic carbocycles. The molecule has 1 amide bonds. The third-order valence-corrected chi connectivity index (χ3v) is 5.10. The highest BCUT2D eigenvalue weighted by Crippen LogP contribution is 2.32. The monoisotopic (exact) mass is 389 g/mol. The Morgan fingerprint density at radius 1 is 1.24 bits per heavy atom. The number of aromatic amines is 1. The first-order chi connectivity index (χ1) is 14.0. The Balaban J connectivity index is 1.76. The van der Waals surface area contributed by atoms with E-state index in [0.717, 1.165) is 33.5 Å². The van der Waals surface area contributed by atoms with Gasteiger partial charge < -0.3 is 9.72 Å². The van der Waals surface area contributed by atoms with Gasteiger partial charge in [0, 0.05) is 29.8 Å². The predicted octanol–water partition coefficient (Wildman–Crippen LogP) is 3.93. The minimum Gasteiger partial charge on any atom is -0.494 e. The topological polar surface area (TPSA) is 74.8 Å². The Morgan fingerprint density at radius 3 is 2.79 bits per heavy atom. The molecule has 6 nitrogen and oxygen atoms in total. The summed E-state index contributed by atoms with van der Waals surface area (Å²) in [6, 6.07) is 15.0. The number of aryl methyl sites for hydroxylation is 1. The van der Waals surface area contributed by atoms with Gasteiger partial charge in [-0.3, -0.25) is 9.59 Å². The second-order valence-corrected chi connectivity index (χ2v) is 7.24. The fourth-order valence-corrected chi connectivity index (χ4v) is 3.75. The maximum absolute atomic E-state index is 12.8. The smallest absolute Gasteiger partial charge is 0.253 e. The predicted molar refractivity (Wildman–Crippen MR) is 113 cm³/mol. The molecule has 0 bridgehead atoms. The quantitative estimate of drug-likeness (QED) is 0.735. The molecular weight excluding hydrogens is 366 g/mol. The number of hydrogen-bond donors (Lipinski definition) is 1. The van der Waals surface area contributed by atoms with Crippen molar-refractivity contribution in [3.8, 4) is 5.75 Å². The second kappa shape index (κ2) is 7.54. The molecule has 6 heteroatoms. The van der Waals surface area contributed by atoms with Crippen molar-refractivity contribution in [1.82, 2.24) is 9.99 Å². The van der Waals surface area contributed by atoms with E-state index in [4.69, 9.17) is 4.74 Å². The minimum atomic E-state index is -0.438. The van der Waals surface area contributed by atoms with Crippen molar-refractivity contribution in [3.63, 3.8) is 0 Å². The van der Waals surface area contributed by atoms with Crippen LogP contribution in [0, 0.1) is 6.92 Å². The van der Waals surface area contributed by atoms with E-state index < -0.39 is 6.04 Å². The molecule has 29 heavy (non-hydrogen) atoms. The average molecular weight is 389 g/mol. The fraction of sp³-hybridized carbons (Fsp3) is 0.261. The van der Waals surface area contributed by atoms with Gasteiger partial charge in [0.05, 0.1) is 18.4 Å². The van der Waals surface area contributed by atoms with Crippen molar-refractivity contribution in [1.29, 1.82) is 0 Å². The van der Waals surface area contributed by atoms with Crippen LogP contribution < -0.4 is 10.3 Å². The molecule has 2 aromatic carbocycles. The minimum absolute atomic E-state index is 0.194. The fourth-order valence-electron chi connectivity index (χ4n) is 3.75. The molecule has 1 aliphatic heterocycles. The molecule has 2 heterocycles. The van der Waals surface area contributed by atoms with Gasteiger partial charge in [0.1, 0.15) is 5.75 Å². The van der Waals surface area contributed by atoms with Gasteiger partial charge in [-0.05, 0) is 43.7 Å². The number of fused-ring (bicyclic) bond motifs is 1. The van der Waals surface area contributed by atoms with E-state index >= 15 is 0 Å². The second-order valence-electron chi connectivity index (χ2n) is 7.24. The number of pyridine rings is 1. The Hall–Kier alpha value is -3.41. The first-order valence-corrected chi connectivity index (χ1v) is 9.70. The lowest BCUT2D eigenvalue weighted by Gasteiger charge is -2.20. The summed E-state index contributed by atoms with van der Waals surface area (Å²) in [5, 5.41) is 6.82. The van der Waals surface area contributed by atoms with Crippen LogP contribution in [0.1, 0.15) is 43.0 Å². The number of rotatable bonds is 4. The van der Waals surface area contributed by atoms with Crippen molar-refractivity contribution in [2.45, 2.75) is 33.2 Å². The maximum Gasteiger partial charge on any atom is 0.253 e. The summed E-state index contributed by atoms with van der Waals surface area (Å²) in [4.78, 5) is 28.0. The molecule has 0 saturated carbocycles. The molecule has 1 N–H and O–H groups in total. The van der Waals surface area contributed by atoms with E-state index in [9.17, 15) is 9.59 Å². The first-order valence-electron chi connectivity index (χ1n) is 9.70. The van der Waals surface area contributed by atoms with Crippen LogP contribution in [0.5, 0.6) is 5.75 Å². The van der Waals surface area contributed by atoms with Gasteiger partial charge in [-0.25, -0.2) is 5.01 Å². The van der Waals surface area contributed by atoms with Crippen molar-refractivity contribution >= 4 is 22.5 Å². The number of ether oxygens (including phenoxy) is 1. The van der Waals surface area contributed by atoms with Gasteiger partial charge in [0.15, 0.2) is 0 Å². The zero-order valence-electron chi connectivity index (χ0n) is 16.7. The lowest BCUT2D eigenvalue weighted by molar-refractivity contribution is -0.130. The molecule has 0 saturated heterocycles. The number of H-pyrrole nitrogens is 1. The van der Waals surface area contributed by atoms with E-state index in [0.29, 0.717) is 18.6 Å². The summed E-state index contributed by atoms with van der Waals surface area (Å²) in [5.74, 6) is 0.546. The van der Waals surface area contributed by atoms with E-state index in [1.54, 1.807) is 0 Å². The first kappa shape index (κ1) is 18.9. The van der Waals surface area contributed by atoms with Crippen molar-refractivity contribution in [3.05, 3.63) is 75.6 Å². The van der Waals surface area contributed by atoms with Crippen LogP contribution in [0.15, 0.2) is 58.4 Å². The third-order valence-electron chi connectivity index (χ3n) is 5.10. The molecule has 0 unspecified atom stereocenters. The molecule has 0 radical (unpaired) electrons. The zero-order chi connectivity index (χ0) is 20.5. The summed E-state index contributed by atoms with van der Waals surface area (Å²) in [6.07, 6.45) is 0.489. The number of hydrazone groups is 1. The molecular formula is C23H23N3O3. The van der Waals surface area contributed by atoms with Crippen molar-refractivity contribution < 1.29 is 9.53 Å². The van der Waals surface area contributed by atoms with Crippen LogP contribution in [-0.2, 0) is 4.79 Å². The lowest BCUT2D eigenvalue weighted by Crippen LogP contribution is -2.29. The number of carbonyl (C=O) groups excluding carboxylic acids is 1. The standard InChI is InChI=1S/C23H23N3O3/c1-4-29-18-8-9-20-17(11-18)12-19(23(28)24-20)22-13-21(25-26(22)15(3)27)16-7-5-6-14(2)10-16/h5-12,22H,4,13H2,1-3H3,(H,24,28)/t22-/m1/s1. The Labute approximate surface area is 168 Å². The number of nitrogens with one attached hydrogen (secondary N) is 1. The zero-order valence-corrected chi connectivity index (χ0v) is 16.7. The lowest BCUT2D eigenvalue weighted by atomic mass is 9.97. The van der Waals surface area contributed by atoms with E-state index in [2.05, 4.69) is 10.1 Å². The van der Waals surface area contributed by atoms with Gasteiger partial charge in [-0.15, -0.1) is 0 Å². The molecule has 1 aromatic heterocycles. The van der Waals surface area contributed by atoms with Crippen LogP contribution in [0.3, 0.4) is 0 Å². The van der Waals surface area contributed by atoms with Crippen LogP contribution in [0.25, 0.3) is 10.9 Å². The molecule has 148 valence electrons. The van der Waals surface area contributed by atoms with E-state index in [-0.39, 0.29) is 11.5 Å². The van der Waals surface area contributed by atoms with E-state index in [1.807, 2.05) is 62.4 Å². The van der Waals surface area contributed by atoms with Crippen molar-refractivity contribution in [2.24, 2.45) is 5.10 Å². The number of benzene rings is 2. The Morgan fingerprint density at radius 2 is 2.07 bits per heavy atom. The van der Waals surface area contributed by atoms with Crippen LogP contribution in [-0.4, -0.2) is 28.2 Å².